The normalized spacial score (nSPS) is 12.4. The fourth-order valence-corrected chi connectivity index (χ4v) is 3.50. The van der Waals surface area contributed by atoms with Crippen LogP contribution in [-0.2, 0) is 11.8 Å². The van der Waals surface area contributed by atoms with Crippen molar-refractivity contribution in [1.82, 2.24) is 0 Å². The van der Waals surface area contributed by atoms with E-state index < -0.39 is 6.04 Å². The molecule has 0 unspecified atom stereocenters. The minimum Gasteiger partial charge on any atom is -0.325 e. The Kier molecular flexibility index (Phi) is 6.85. The Labute approximate surface area is 170 Å². The van der Waals surface area contributed by atoms with Crippen LogP contribution in [0.1, 0.15) is 17.5 Å². The molecular weight excluding hydrogens is 366 g/mol. The van der Waals surface area contributed by atoms with E-state index in [9.17, 15) is 4.79 Å². The maximum atomic E-state index is 12.1. The van der Waals surface area contributed by atoms with E-state index in [1.54, 1.807) is 11.8 Å². The van der Waals surface area contributed by atoms with Gasteiger partial charge in [0.05, 0.1) is 11.4 Å². The molecule has 0 saturated carbocycles. The number of pyridine rings is 1. The van der Waals surface area contributed by atoms with E-state index in [1.807, 2.05) is 30.5 Å². The van der Waals surface area contributed by atoms with Crippen LogP contribution >= 0.6 is 11.8 Å². The van der Waals surface area contributed by atoms with Crippen LogP contribution < -0.4 is 15.6 Å². The summed E-state index contributed by atoms with van der Waals surface area (Å²) in [5.74, 6) is 0.741. The average Bonchev–Trinajstić information content (AvgIpc) is 2.72. The second kappa shape index (κ2) is 9.53. The molecule has 144 valence electrons. The molecule has 0 saturated heterocycles. The van der Waals surface area contributed by atoms with Gasteiger partial charge in [-0.15, -0.1) is 0 Å². The third-order valence-corrected chi connectivity index (χ3v) is 5.32. The van der Waals surface area contributed by atoms with E-state index >= 15 is 0 Å². The van der Waals surface area contributed by atoms with Crippen LogP contribution in [0.4, 0.5) is 5.69 Å². The van der Waals surface area contributed by atoms with E-state index in [4.69, 9.17) is 5.73 Å². The molecule has 4 nitrogen and oxygen atoms in total. The number of aryl methyl sites for hydroxylation is 1. The second-order valence-corrected chi connectivity index (χ2v) is 7.72. The van der Waals surface area contributed by atoms with Crippen LogP contribution in [0.2, 0.25) is 0 Å². The van der Waals surface area contributed by atoms with Gasteiger partial charge in [-0.3, -0.25) is 4.79 Å². The van der Waals surface area contributed by atoms with Gasteiger partial charge in [-0.25, -0.2) is 4.57 Å². The Morgan fingerprint density at radius 3 is 2.64 bits per heavy atom. The van der Waals surface area contributed by atoms with Crippen molar-refractivity contribution in [3.8, 4) is 0 Å². The molecule has 0 aliphatic carbocycles. The highest BCUT2D eigenvalue weighted by atomic mass is 32.2. The summed E-state index contributed by atoms with van der Waals surface area (Å²) in [6, 6.07) is 17.8. The third kappa shape index (κ3) is 5.00. The molecule has 0 aliphatic rings. The van der Waals surface area contributed by atoms with Crippen LogP contribution in [0.25, 0.3) is 23.1 Å². The zero-order valence-corrected chi connectivity index (χ0v) is 17.1. The number of hydrogen-bond donors (Lipinski definition) is 2. The van der Waals surface area contributed by atoms with Crippen molar-refractivity contribution in [3.05, 3.63) is 71.9 Å². The highest BCUT2D eigenvalue weighted by Gasteiger charge is 2.12. The number of nitrogens with one attached hydrogen (secondary N) is 1. The van der Waals surface area contributed by atoms with Crippen LogP contribution in [0.15, 0.2) is 60.8 Å². The van der Waals surface area contributed by atoms with Gasteiger partial charge >= 0.3 is 0 Å². The largest absolute Gasteiger partial charge is 0.325 e. The van der Waals surface area contributed by atoms with Crippen molar-refractivity contribution in [3.63, 3.8) is 0 Å². The second-order valence-electron chi connectivity index (χ2n) is 6.73. The molecule has 0 fully saturated rings. The van der Waals surface area contributed by atoms with Gasteiger partial charge in [0.15, 0.2) is 6.20 Å². The number of benzene rings is 2. The number of rotatable bonds is 7. The molecule has 1 atom stereocenters. The molecular formula is C23H26N3OS+. The number of aromatic nitrogens is 1. The number of anilines is 1. The smallest absolute Gasteiger partial charge is 0.241 e. The first-order valence-corrected chi connectivity index (χ1v) is 10.7. The third-order valence-electron chi connectivity index (χ3n) is 4.68. The molecule has 3 N–H and O–H groups in total. The molecule has 2 aromatic carbocycles. The number of carbonyl (C=O) groups excluding carboxylic acids is 1. The van der Waals surface area contributed by atoms with Crippen molar-refractivity contribution in [1.29, 1.82) is 0 Å². The number of amides is 1. The van der Waals surface area contributed by atoms with Crippen LogP contribution in [-0.4, -0.2) is 24.0 Å². The summed E-state index contributed by atoms with van der Waals surface area (Å²) in [6.07, 6.45) is 8.96. The maximum Gasteiger partial charge on any atom is 0.241 e. The van der Waals surface area contributed by atoms with E-state index in [-0.39, 0.29) is 5.91 Å². The number of para-hydroxylation sites is 1. The van der Waals surface area contributed by atoms with E-state index in [0.29, 0.717) is 6.42 Å². The van der Waals surface area contributed by atoms with Crippen LogP contribution in [0, 0.1) is 0 Å². The van der Waals surface area contributed by atoms with Crippen LogP contribution in [0.3, 0.4) is 0 Å². The Balaban J connectivity index is 1.70. The molecule has 0 bridgehead atoms. The minimum absolute atomic E-state index is 0.138. The quantitative estimate of drug-likeness (QED) is 0.601. The van der Waals surface area contributed by atoms with Crippen molar-refractivity contribution >= 4 is 46.4 Å². The zero-order chi connectivity index (χ0) is 19.9. The monoisotopic (exact) mass is 392 g/mol. The summed E-state index contributed by atoms with van der Waals surface area (Å²) in [6.45, 7) is 0. The van der Waals surface area contributed by atoms with E-state index in [1.165, 1.54) is 16.5 Å². The van der Waals surface area contributed by atoms with Crippen LogP contribution in [0.5, 0.6) is 0 Å². The van der Waals surface area contributed by atoms with Crippen molar-refractivity contribution in [2.75, 3.05) is 17.3 Å². The highest BCUT2D eigenvalue weighted by molar-refractivity contribution is 7.98. The summed E-state index contributed by atoms with van der Waals surface area (Å²) in [4.78, 5) is 12.1. The Morgan fingerprint density at radius 1 is 1.14 bits per heavy atom. The summed E-state index contributed by atoms with van der Waals surface area (Å²) in [7, 11) is 2.05. The lowest BCUT2D eigenvalue weighted by Gasteiger charge is -2.11. The zero-order valence-electron chi connectivity index (χ0n) is 16.3. The number of fused-ring (bicyclic) bond motifs is 1. The van der Waals surface area contributed by atoms with Gasteiger partial charge in [0.2, 0.25) is 11.4 Å². The predicted octanol–water partition coefficient (Wildman–Crippen LogP) is 3.85. The number of thioether (sulfide) groups is 1. The fraction of sp³-hybridized carbons (Fsp3) is 0.217. The topological polar surface area (TPSA) is 59.0 Å². The average molecular weight is 393 g/mol. The Hall–Kier alpha value is -2.63. The van der Waals surface area contributed by atoms with E-state index in [2.05, 4.69) is 65.6 Å². The lowest BCUT2D eigenvalue weighted by atomic mass is 10.1. The summed E-state index contributed by atoms with van der Waals surface area (Å²) < 4.78 is 2.12. The molecule has 3 aromatic rings. The van der Waals surface area contributed by atoms with Gasteiger partial charge in [-0.2, -0.15) is 11.8 Å². The van der Waals surface area contributed by atoms with Gasteiger partial charge in [0, 0.05) is 17.8 Å². The maximum absolute atomic E-state index is 12.1. The molecule has 3 rings (SSSR count). The molecule has 0 aliphatic heterocycles. The van der Waals surface area contributed by atoms with Gasteiger partial charge < -0.3 is 11.1 Å². The molecule has 5 heteroatoms. The standard InChI is InChI=1S/C23H25N3OS/c1-26-15-13-18(20-5-3-4-6-22(20)26)10-7-17-8-11-19(12-9-17)25-23(27)21(24)14-16-28-2/h3-13,15,21H,14,16,24H2,1-2H3/p+1/t21-/m0/s1. The number of carbonyl (C=O) groups is 1. The Bertz CT molecular complexity index is 983. The molecule has 28 heavy (non-hydrogen) atoms. The molecule has 0 radical (unpaired) electrons. The van der Waals surface area contributed by atoms with Crippen molar-refractivity contribution in [2.24, 2.45) is 12.8 Å². The Morgan fingerprint density at radius 2 is 1.89 bits per heavy atom. The highest BCUT2D eigenvalue weighted by Crippen LogP contribution is 2.18. The number of hydrogen-bond acceptors (Lipinski definition) is 3. The van der Waals surface area contributed by atoms with Gasteiger partial charge in [-0.1, -0.05) is 36.4 Å². The van der Waals surface area contributed by atoms with Crippen molar-refractivity contribution in [2.45, 2.75) is 12.5 Å². The first-order chi connectivity index (χ1) is 13.6. The lowest BCUT2D eigenvalue weighted by molar-refractivity contribution is -0.644. The summed E-state index contributed by atoms with van der Waals surface area (Å²) in [5.41, 5.74) is 10.1. The van der Waals surface area contributed by atoms with Gasteiger partial charge in [0.1, 0.15) is 7.05 Å². The minimum atomic E-state index is -0.472. The predicted molar refractivity (Wildman–Crippen MR) is 120 cm³/mol. The summed E-state index contributed by atoms with van der Waals surface area (Å²) in [5, 5.41) is 4.10. The summed E-state index contributed by atoms with van der Waals surface area (Å²) >= 11 is 1.69. The SMILES string of the molecule is CSCC[C@H](N)C(=O)Nc1ccc(C=Cc2cc[n+](C)c3ccccc23)cc1. The van der Waals surface area contributed by atoms with Gasteiger partial charge in [0.25, 0.3) is 0 Å². The van der Waals surface area contributed by atoms with Gasteiger partial charge in [-0.05, 0) is 47.8 Å². The molecule has 1 aromatic heterocycles. The molecule has 1 heterocycles. The first kappa shape index (κ1) is 20.1. The fourth-order valence-electron chi connectivity index (χ4n) is 3.01. The number of nitrogens with two attached hydrogens (primary N) is 1. The molecule has 1 amide bonds. The number of nitrogens with zero attached hydrogens (tertiary/aromatic N) is 1. The first-order valence-electron chi connectivity index (χ1n) is 9.29. The lowest BCUT2D eigenvalue weighted by Crippen LogP contribution is -2.36. The van der Waals surface area contributed by atoms with E-state index in [0.717, 1.165) is 17.0 Å². The van der Waals surface area contributed by atoms with Crippen molar-refractivity contribution < 1.29 is 9.36 Å². The molecule has 0 spiro atoms.